The highest BCUT2D eigenvalue weighted by atomic mass is 32.1. The Morgan fingerprint density at radius 3 is 3.06 bits per heavy atom. The standard InChI is InChI=1S/C15H17NOS/c1-2-15(8-4-9-16-15)14(17)12-6-3-5-11-7-10-18-13(11)12/h3,5-7,10,16H,2,4,8-9H2,1H3. The molecule has 1 aromatic carbocycles. The highest BCUT2D eigenvalue weighted by molar-refractivity contribution is 7.17. The predicted octanol–water partition coefficient (Wildman–Crippen LogP) is 3.62. The number of fused-ring (bicyclic) bond motifs is 1. The molecule has 0 spiro atoms. The van der Waals surface area contributed by atoms with Crippen LogP contribution in [0.1, 0.15) is 36.5 Å². The summed E-state index contributed by atoms with van der Waals surface area (Å²) in [5.74, 6) is 0.274. The van der Waals surface area contributed by atoms with Gasteiger partial charge in [0, 0.05) is 10.3 Å². The van der Waals surface area contributed by atoms with Gasteiger partial charge in [0.05, 0.1) is 5.54 Å². The molecule has 2 aromatic rings. The molecule has 18 heavy (non-hydrogen) atoms. The lowest BCUT2D eigenvalue weighted by molar-refractivity contribution is 0.0866. The normalized spacial score (nSPS) is 23.6. The average molecular weight is 259 g/mol. The number of rotatable bonds is 3. The van der Waals surface area contributed by atoms with Gasteiger partial charge in [0.1, 0.15) is 0 Å². The molecule has 2 heterocycles. The number of hydrogen-bond donors (Lipinski definition) is 1. The van der Waals surface area contributed by atoms with Gasteiger partial charge in [0.25, 0.3) is 0 Å². The van der Waals surface area contributed by atoms with Crippen molar-refractivity contribution in [1.29, 1.82) is 0 Å². The molecule has 1 saturated heterocycles. The van der Waals surface area contributed by atoms with Crippen LogP contribution < -0.4 is 5.32 Å². The fourth-order valence-corrected chi connectivity index (χ4v) is 3.80. The number of ketones is 1. The Morgan fingerprint density at radius 2 is 2.33 bits per heavy atom. The van der Waals surface area contributed by atoms with Crippen LogP contribution in [0.4, 0.5) is 0 Å². The fraction of sp³-hybridized carbons (Fsp3) is 0.400. The van der Waals surface area contributed by atoms with E-state index in [0.29, 0.717) is 0 Å². The maximum absolute atomic E-state index is 12.9. The van der Waals surface area contributed by atoms with Crippen LogP contribution in [0.3, 0.4) is 0 Å². The summed E-state index contributed by atoms with van der Waals surface area (Å²) in [4.78, 5) is 12.9. The molecule has 1 aromatic heterocycles. The zero-order valence-corrected chi connectivity index (χ0v) is 11.3. The van der Waals surface area contributed by atoms with E-state index < -0.39 is 0 Å². The second-order valence-corrected chi connectivity index (χ2v) is 5.86. The second-order valence-electron chi connectivity index (χ2n) is 4.94. The van der Waals surface area contributed by atoms with Crippen LogP contribution in [0, 0.1) is 0 Å². The first kappa shape index (κ1) is 11.9. The lowest BCUT2D eigenvalue weighted by atomic mass is 9.85. The topological polar surface area (TPSA) is 29.1 Å². The Bertz CT molecular complexity index is 581. The molecule has 1 aliphatic rings. The van der Waals surface area contributed by atoms with Gasteiger partial charge in [-0.1, -0.05) is 19.1 Å². The van der Waals surface area contributed by atoms with Crippen molar-refractivity contribution in [1.82, 2.24) is 5.32 Å². The first-order valence-corrected chi connectivity index (χ1v) is 7.41. The third-order valence-corrected chi connectivity index (χ3v) is 4.97. The molecule has 3 heteroatoms. The van der Waals surface area contributed by atoms with Crippen LogP contribution in [0.25, 0.3) is 10.1 Å². The minimum Gasteiger partial charge on any atom is -0.305 e. The molecule has 1 atom stereocenters. The summed E-state index contributed by atoms with van der Waals surface area (Å²) in [7, 11) is 0. The summed E-state index contributed by atoms with van der Waals surface area (Å²) in [6, 6.07) is 8.11. The van der Waals surface area contributed by atoms with Crippen molar-refractivity contribution >= 4 is 27.2 Å². The molecule has 94 valence electrons. The van der Waals surface area contributed by atoms with E-state index in [9.17, 15) is 4.79 Å². The predicted molar refractivity (Wildman–Crippen MR) is 76.4 cm³/mol. The molecular formula is C15H17NOS. The van der Waals surface area contributed by atoms with E-state index >= 15 is 0 Å². The summed E-state index contributed by atoms with van der Waals surface area (Å²) in [6.45, 7) is 3.06. The zero-order chi connectivity index (χ0) is 12.6. The summed E-state index contributed by atoms with van der Waals surface area (Å²) >= 11 is 1.66. The van der Waals surface area contributed by atoms with Gasteiger partial charge < -0.3 is 5.32 Å². The van der Waals surface area contributed by atoms with Crippen molar-refractivity contribution in [2.45, 2.75) is 31.7 Å². The first-order valence-electron chi connectivity index (χ1n) is 6.53. The maximum Gasteiger partial charge on any atom is 0.184 e. The van der Waals surface area contributed by atoms with Gasteiger partial charge in [0.2, 0.25) is 0 Å². The van der Waals surface area contributed by atoms with Crippen LogP contribution in [-0.2, 0) is 0 Å². The number of carbonyl (C=O) groups excluding carboxylic acids is 1. The van der Waals surface area contributed by atoms with Crippen molar-refractivity contribution in [2.24, 2.45) is 0 Å². The van der Waals surface area contributed by atoms with Crippen LogP contribution in [0.15, 0.2) is 29.6 Å². The Morgan fingerprint density at radius 1 is 1.44 bits per heavy atom. The minimum absolute atomic E-state index is 0.274. The van der Waals surface area contributed by atoms with E-state index in [0.717, 1.165) is 36.1 Å². The van der Waals surface area contributed by atoms with E-state index in [2.05, 4.69) is 29.8 Å². The lowest BCUT2D eigenvalue weighted by Crippen LogP contribution is -2.47. The van der Waals surface area contributed by atoms with Crippen molar-refractivity contribution in [3.8, 4) is 0 Å². The third kappa shape index (κ3) is 1.70. The molecule has 0 saturated carbocycles. The molecule has 1 unspecified atom stereocenters. The smallest absolute Gasteiger partial charge is 0.184 e. The largest absolute Gasteiger partial charge is 0.305 e. The monoisotopic (exact) mass is 259 g/mol. The Balaban J connectivity index is 2.09. The molecule has 1 aliphatic heterocycles. The van der Waals surface area contributed by atoms with Gasteiger partial charge in [-0.15, -0.1) is 11.3 Å². The zero-order valence-electron chi connectivity index (χ0n) is 10.5. The highest BCUT2D eigenvalue weighted by Crippen LogP contribution is 2.32. The number of carbonyl (C=O) groups is 1. The van der Waals surface area contributed by atoms with Crippen LogP contribution in [0.5, 0.6) is 0 Å². The van der Waals surface area contributed by atoms with Crippen LogP contribution >= 0.6 is 11.3 Å². The maximum atomic E-state index is 12.9. The molecule has 1 N–H and O–H groups in total. The molecule has 0 radical (unpaired) electrons. The quantitative estimate of drug-likeness (QED) is 0.853. The van der Waals surface area contributed by atoms with Gasteiger partial charge in [-0.25, -0.2) is 0 Å². The molecule has 1 fully saturated rings. The van der Waals surface area contributed by atoms with Crippen molar-refractivity contribution in [3.63, 3.8) is 0 Å². The fourth-order valence-electron chi connectivity index (χ4n) is 2.89. The average Bonchev–Trinajstić information content (AvgIpc) is 3.06. The van der Waals surface area contributed by atoms with E-state index in [4.69, 9.17) is 0 Å². The van der Waals surface area contributed by atoms with Gasteiger partial charge in [-0.3, -0.25) is 4.79 Å². The van der Waals surface area contributed by atoms with Gasteiger partial charge >= 0.3 is 0 Å². The Hall–Kier alpha value is -1.19. The Labute approximate surface area is 111 Å². The van der Waals surface area contributed by atoms with E-state index in [1.54, 1.807) is 11.3 Å². The molecule has 2 nitrogen and oxygen atoms in total. The molecule has 0 bridgehead atoms. The lowest BCUT2D eigenvalue weighted by Gasteiger charge is -2.26. The van der Waals surface area contributed by atoms with Crippen molar-refractivity contribution in [2.75, 3.05) is 6.54 Å². The minimum atomic E-state index is -0.321. The molecular weight excluding hydrogens is 242 g/mol. The van der Waals surface area contributed by atoms with Crippen LogP contribution in [0.2, 0.25) is 0 Å². The SMILES string of the molecule is CCC1(C(=O)c2cccc3ccsc23)CCCN1. The number of hydrogen-bond acceptors (Lipinski definition) is 3. The Kier molecular flexibility index (Phi) is 2.96. The third-order valence-electron chi connectivity index (χ3n) is 4.01. The van der Waals surface area contributed by atoms with E-state index in [-0.39, 0.29) is 11.3 Å². The first-order chi connectivity index (χ1) is 8.77. The van der Waals surface area contributed by atoms with Crippen LogP contribution in [-0.4, -0.2) is 17.9 Å². The number of Topliss-reactive ketones (excluding diaryl/α,β-unsaturated/α-hetero) is 1. The van der Waals surface area contributed by atoms with Gasteiger partial charge in [0.15, 0.2) is 5.78 Å². The molecule has 0 amide bonds. The summed E-state index contributed by atoms with van der Waals surface area (Å²) in [5.41, 5.74) is 0.567. The van der Waals surface area contributed by atoms with Gasteiger partial charge in [-0.2, -0.15) is 0 Å². The highest BCUT2D eigenvalue weighted by Gasteiger charge is 2.39. The van der Waals surface area contributed by atoms with E-state index in [1.807, 2.05) is 12.1 Å². The second kappa shape index (κ2) is 4.48. The summed E-state index contributed by atoms with van der Waals surface area (Å²) in [5, 5.41) is 6.66. The number of benzene rings is 1. The molecule has 0 aliphatic carbocycles. The van der Waals surface area contributed by atoms with E-state index in [1.165, 1.54) is 5.39 Å². The van der Waals surface area contributed by atoms with Crippen molar-refractivity contribution in [3.05, 3.63) is 35.2 Å². The summed E-state index contributed by atoms with van der Waals surface area (Å²) < 4.78 is 1.13. The van der Waals surface area contributed by atoms with Crippen molar-refractivity contribution < 1.29 is 4.79 Å². The number of thiophene rings is 1. The molecule has 3 rings (SSSR count). The summed E-state index contributed by atoms with van der Waals surface area (Å²) in [6.07, 6.45) is 2.93. The van der Waals surface area contributed by atoms with Gasteiger partial charge in [-0.05, 0) is 48.7 Å². The number of nitrogens with one attached hydrogen (secondary N) is 1.